The van der Waals surface area contributed by atoms with Gasteiger partial charge in [0.2, 0.25) is 0 Å². The third kappa shape index (κ3) is 5.18. The molecule has 1 aromatic carbocycles. The minimum absolute atomic E-state index is 0.121. The molecule has 4 rings (SSSR count). The molecule has 0 radical (unpaired) electrons. The molecule has 0 saturated carbocycles. The van der Waals surface area contributed by atoms with Gasteiger partial charge in [-0.15, -0.1) is 0 Å². The third-order valence-electron chi connectivity index (χ3n) is 6.52. The lowest BCUT2D eigenvalue weighted by Gasteiger charge is -2.37. The van der Waals surface area contributed by atoms with Crippen LogP contribution in [0.5, 0.6) is 11.5 Å². The number of likely N-dealkylation sites (tertiary alicyclic amines) is 1. The number of carbonyl (C=O) groups is 1. The summed E-state index contributed by atoms with van der Waals surface area (Å²) in [6, 6.07) is 7.95. The minimum atomic E-state index is 0.121. The molecule has 166 valence electrons. The predicted octanol–water partition coefficient (Wildman–Crippen LogP) is 3.44. The highest BCUT2D eigenvalue weighted by molar-refractivity contribution is 5.97. The maximum atomic E-state index is 13.2. The molecule has 0 N–H and O–H groups in total. The van der Waals surface area contributed by atoms with Crippen molar-refractivity contribution in [3.63, 3.8) is 0 Å². The fourth-order valence-electron chi connectivity index (χ4n) is 4.90. The maximum Gasteiger partial charge on any atom is 0.254 e. The van der Waals surface area contributed by atoms with Gasteiger partial charge in [0.15, 0.2) is 11.5 Å². The van der Waals surface area contributed by atoms with Gasteiger partial charge in [0.05, 0.1) is 14.2 Å². The van der Waals surface area contributed by atoms with Gasteiger partial charge < -0.3 is 19.3 Å². The first-order chi connectivity index (χ1) is 15.2. The first-order valence-corrected chi connectivity index (χ1v) is 11.3. The standard InChI is InChI=1S/C25H33N3O3/c1-30-23-14-21-9-13-28(25(29)22(21)15-24(23)31-2)18-20-8-5-12-27(17-20)11-4-7-19-6-3-10-26-16-19/h3,6,10,14-16,20H,4-5,7-9,11-13,17-18H2,1-2H3. The van der Waals surface area contributed by atoms with Crippen LogP contribution in [0.3, 0.4) is 0 Å². The van der Waals surface area contributed by atoms with E-state index < -0.39 is 0 Å². The zero-order valence-corrected chi connectivity index (χ0v) is 18.7. The fraction of sp³-hybridized carbons (Fsp3) is 0.520. The number of aromatic nitrogens is 1. The summed E-state index contributed by atoms with van der Waals surface area (Å²) in [6.45, 7) is 4.97. The second-order valence-corrected chi connectivity index (χ2v) is 8.64. The summed E-state index contributed by atoms with van der Waals surface area (Å²) < 4.78 is 10.8. The van der Waals surface area contributed by atoms with E-state index in [4.69, 9.17) is 9.47 Å². The number of benzene rings is 1. The number of aryl methyl sites for hydroxylation is 1. The largest absolute Gasteiger partial charge is 0.493 e. The van der Waals surface area contributed by atoms with E-state index in [-0.39, 0.29) is 5.91 Å². The van der Waals surface area contributed by atoms with E-state index in [2.05, 4.69) is 16.0 Å². The average molecular weight is 424 g/mol. The monoisotopic (exact) mass is 423 g/mol. The average Bonchev–Trinajstić information content (AvgIpc) is 2.81. The molecular formula is C25H33N3O3. The van der Waals surface area contributed by atoms with Gasteiger partial charge in [0.1, 0.15) is 0 Å². The van der Waals surface area contributed by atoms with Crippen LogP contribution in [0, 0.1) is 5.92 Å². The number of pyridine rings is 1. The van der Waals surface area contributed by atoms with Gasteiger partial charge in [-0.2, -0.15) is 0 Å². The van der Waals surface area contributed by atoms with Crippen LogP contribution < -0.4 is 9.47 Å². The SMILES string of the molecule is COc1cc2c(cc1OC)C(=O)N(CC1CCCN(CCCc3cccnc3)C1)CC2. The molecular weight excluding hydrogens is 390 g/mol. The van der Waals surface area contributed by atoms with E-state index in [1.165, 1.54) is 18.4 Å². The van der Waals surface area contributed by atoms with E-state index in [9.17, 15) is 4.79 Å². The Kier molecular flexibility index (Phi) is 7.07. The van der Waals surface area contributed by atoms with E-state index in [0.717, 1.165) is 63.1 Å². The molecule has 0 bridgehead atoms. The van der Waals surface area contributed by atoms with Gasteiger partial charge in [-0.1, -0.05) is 6.07 Å². The van der Waals surface area contributed by atoms with Crippen LogP contribution in [-0.4, -0.2) is 67.6 Å². The first-order valence-electron chi connectivity index (χ1n) is 11.3. The number of hydrogen-bond donors (Lipinski definition) is 0. The van der Waals surface area contributed by atoms with Crippen LogP contribution >= 0.6 is 0 Å². The van der Waals surface area contributed by atoms with Crippen molar-refractivity contribution in [1.29, 1.82) is 0 Å². The van der Waals surface area contributed by atoms with Crippen LogP contribution in [0.4, 0.5) is 0 Å². The normalized spacial score (nSPS) is 19.2. The number of piperidine rings is 1. The molecule has 1 unspecified atom stereocenters. The second-order valence-electron chi connectivity index (χ2n) is 8.64. The molecule has 2 aliphatic heterocycles. The minimum Gasteiger partial charge on any atom is -0.493 e. The zero-order valence-electron chi connectivity index (χ0n) is 18.7. The van der Waals surface area contributed by atoms with Crippen LogP contribution in [0.25, 0.3) is 0 Å². The maximum absolute atomic E-state index is 13.2. The predicted molar refractivity (Wildman–Crippen MR) is 121 cm³/mol. The Hall–Kier alpha value is -2.60. The summed E-state index contributed by atoms with van der Waals surface area (Å²) in [5.41, 5.74) is 3.12. The molecule has 2 aliphatic rings. The molecule has 1 saturated heterocycles. The van der Waals surface area contributed by atoms with Crippen molar-refractivity contribution in [3.8, 4) is 11.5 Å². The van der Waals surface area contributed by atoms with Crippen LogP contribution in [0.2, 0.25) is 0 Å². The lowest BCUT2D eigenvalue weighted by molar-refractivity contribution is 0.0660. The third-order valence-corrected chi connectivity index (χ3v) is 6.52. The van der Waals surface area contributed by atoms with E-state index >= 15 is 0 Å². The Balaban J connectivity index is 1.32. The highest BCUT2D eigenvalue weighted by Crippen LogP contribution is 2.33. The molecule has 3 heterocycles. The number of fused-ring (bicyclic) bond motifs is 1. The molecule has 0 spiro atoms. The summed E-state index contributed by atoms with van der Waals surface area (Å²) in [7, 11) is 3.24. The number of rotatable bonds is 8. The van der Waals surface area contributed by atoms with Gasteiger partial charge in [0.25, 0.3) is 5.91 Å². The molecule has 1 atom stereocenters. The van der Waals surface area contributed by atoms with Gasteiger partial charge >= 0.3 is 0 Å². The number of amides is 1. The van der Waals surface area contributed by atoms with Crippen LogP contribution in [0.15, 0.2) is 36.7 Å². The van der Waals surface area contributed by atoms with Crippen LogP contribution in [0.1, 0.15) is 40.7 Å². The molecule has 1 amide bonds. The highest BCUT2D eigenvalue weighted by Gasteiger charge is 2.29. The Labute approximate surface area is 185 Å². The molecule has 31 heavy (non-hydrogen) atoms. The summed E-state index contributed by atoms with van der Waals surface area (Å²) >= 11 is 0. The van der Waals surface area contributed by atoms with Crippen LogP contribution in [-0.2, 0) is 12.8 Å². The summed E-state index contributed by atoms with van der Waals surface area (Å²) in [6.07, 6.45) is 9.28. The Morgan fingerprint density at radius 2 is 2.00 bits per heavy atom. The number of carbonyl (C=O) groups excluding carboxylic acids is 1. The lowest BCUT2D eigenvalue weighted by Crippen LogP contribution is -2.45. The molecule has 1 aromatic heterocycles. The van der Waals surface area contributed by atoms with E-state index in [0.29, 0.717) is 17.4 Å². The molecule has 6 nitrogen and oxygen atoms in total. The zero-order chi connectivity index (χ0) is 21.6. The molecule has 1 fully saturated rings. The summed E-state index contributed by atoms with van der Waals surface area (Å²) in [5.74, 6) is 1.97. The van der Waals surface area contributed by atoms with Crippen molar-refractivity contribution >= 4 is 5.91 Å². The van der Waals surface area contributed by atoms with Gasteiger partial charge in [-0.25, -0.2) is 0 Å². The van der Waals surface area contributed by atoms with Crippen molar-refractivity contribution < 1.29 is 14.3 Å². The van der Waals surface area contributed by atoms with Crippen molar-refractivity contribution in [2.45, 2.75) is 32.1 Å². The summed E-state index contributed by atoms with van der Waals surface area (Å²) in [4.78, 5) is 22.0. The van der Waals surface area contributed by atoms with Crippen molar-refractivity contribution in [1.82, 2.24) is 14.8 Å². The Bertz CT molecular complexity index is 887. The van der Waals surface area contributed by atoms with E-state index in [1.807, 2.05) is 35.5 Å². The number of ether oxygens (including phenoxy) is 2. The van der Waals surface area contributed by atoms with Gasteiger partial charge in [-0.3, -0.25) is 9.78 Å². The van der Waals surface area contributed by atoms with Crippen molar-refractivity contribution in [2.24, 2.45) is 5.92 Å². The van der Waals surface area contributed by atoms with Crippen molar-refractivity contribution in [3.05, 3.63) is 53.3 Å². The van der Waals surface area contributed by atoms with Gasteiger partial charge in [0, 0.05) is 37.6 Å². The quantitative estimate of drug-likeness (QED) is 0.651. The Morgan fingerprint density at radius 1 is 1.16 bits per heavy atom. The number of hydrogen-bond acceptors (Lipinski definition) is 5. The lowest BCUT2D eigenvalue weighted by atomic mass is 9.93. The number of methoxy groups -OCH3 is 2. The Morgan fingerprint density at radius 3 is 2.77 bits per heavy atom. The second kappa shape index (κ2) is 10.1. The molecule has 0 aliphatic carbocycles. The topological polar surface area (TPSA) is 54.9 Å². The smallest absolute Gasteiger partial charge is 0.254 e. The fourth-order valence-corrected chi connectivity index (χ4v) is 4.90. The molecule has 2 aromatic rings. The number of nitrogens with zero attached hydrogens (tertiary/aromatic N) is 3. The van der Waals surface area contributed by atoms with E-state index in [1.54, 1.807) is 14.2 Å². The molecule has 6 heteroatoms. The highest BCUT2D eigenvalue weighted by atomic mass is 16.5. The van der Waals surface area contributed by atoms with Gasteiger partial charge in [-0.05, 0) is 80.4 Å². The summed E-state index contributed by atoms with van der Waals surface area (Å²) in [5, 5.41) is 0. The first kappa shape index (κ1) is 21.6. The van der Waals surface area contributed by atoms with Crippen molar-refractivity contribution in [2.75, 3.05) is 46.9 Å².